The van der Waals surface area contributed by atoms with E-state index in [2.05, 4.69) is 0 Å². The molecule has 1 aromatic rings. The van der Waals surface area contributed by atoms with Crippen molar-refractivity contribution >= 4 is 5.91 Å². The van der Waals surface area contributed by atoms with E-state index < -0.39 is 5.82 Å². The molecule has 1 aromatic carbocycles. The van der Waals surface area contributed by atoms with Crippen molar-refractivity contribution in [1.29, 1.82) is 0 Å². The molecule has 0 atom stereocenters. The van der Waals surface area contributed by atoms with Crippen LogP contribution >= 0.6 is 0 Å². The Bertz CT molecular complexity index is 423. The molecule has 18 heavy (non-hydrogen) atoms. The molecule has 0 saturated heterocycles. The molecule has 0 saturated carbocycles. The average Bonchev–Trinajstić information content (AvgIpc) is 2.26. The number of nitrogens with zero attached hydrogens (tertiary/aromatic N) is 1. The smallest absolute Gasteiger partial charge is 0.253 e. The monoisotopic (exact) mass is 253 g/mol. The fourth-order valence-corrected chi connectivity index (χ4v) is 1.84. The summed E-state index contributed by atoms with van der Waals surface area (Å²) in [5.41, 5.74) is 0.684. The predicted molar refractivity (Wildman–Crippen MR) is 69.0 cm³/mol. The highest BCUT2D eigenvalue weighted by Crippen LogP contribution is 2.17. The van der Waals surface area contributed by atoms with E-state index in [0.29, 0.717) is 17.7 Å². The van der Waals surface area contributed by atoms with Crippen LogP contribution in [0.1, 0.15) is 29.8 Å². The number of aliphatic hydroxyl groups is 1. The zero-order chi connectivity index (χ0) is 13.9. The zero-order valence-electron chi connectivity index (χ0n) is 11.3. The normalized spacial score (nSPS) is 11.4. The quantitative estimate of drug-likeness (QED) is 0.894. The van der Waals surface area contributed by atoms with Gasteiger partial charge in [0.05, 0.1) is 0 Å². The van der Waals surface area contributed by atoms with Crippen LogP contribution in [0.25, 0.3) is 0 Å². The number of benzene rings is 1. The number of aryl methyl sites for hydroxylation is 1. The molecule has 0 bridgehead atoms. The molecule has 0 aliphatic carbocycles. The fourth-order valence-electron chi connectivity index (χ4n) is 1.84. The number of halogens is 1. The minimum atomic E-state index is -0.409. The minimum Gasteiger partial charge on any atom is -0.396 e. The van der Waals surface area contributed by atoms with E-state index in [1.165, 1.54) is 17.0 Å². The van der Waals surface area contributed by atoms with E-state index in [0.717, 1.165) is 0 Å². The first-order valence-electron chi connectivity index (χ1n) is 5.89. The van der Waals surface area contributed by atoms with Gasteiger partial charge in [-0.3, -0.25) is 4.79 Å². The highest BCUT2D eigenvalue weighted by atomic mass is 19.1. The third-order valence-corrected chi connectivity index (χ3v) is 2.73. The molecule has 1 rings (SSSR count). The lowest BCUT2D eigenvalue weighted by molar-refractivity contribution is 0.0663. The fraction of sp³-hybridized carbons (Fsp3) is 0.500. The Morgan fingerprint density at radius 2 is 2.00 bits per heavy atom. The lowest BCUT2D eigenvalue weighted by atomic mass is 9.94. The summed E-state index contributed by atoms with van der Waals surface area (Å²) in [5, 5.41) is 9.19. The Labute approximate surface area is 107 Å². The number of amides is 1. The van der Waals surface area contributed by atoms with Crippen LogP contribution < -0.4 is 0 Å². The topological polar surface area (TPSA) is 40.5 Å². The molecule has 1 amide bonds. The maximum absolute atomic E-state index is 13.2. The SMILES string of the molecule is Cc1cc(F)cc(C(=O)N(C)CC(C)(C)CO)c1. The van der Waals surface area contributed by atoms with Crippen molar-refractivity contribution in [3.05, 3.63) is 35.1 Å². The number of hydrogen-bond donors (Lipinski definition) is 1. The predicted octanol–water partition coefficient (Wildman–Crippen LogP) is 2.22. The Balaban J connectivity index is 2.87. The van der Waals surface area contributed by atoms with E-state index in [9.17, 15) is 14.3 Å². The number of carbonyl (C=O) groups excluding carboxylic acids is 1. The van der Waals surface area contributed by atoms with E-state index in [4.69, 9.17) is 0 Å². The minimum absolute atomic E-state index is 0.00714. The second-order valence-electron chi connectivity index (χ2n) is 5.50. The standard InChI is InChI=1S/C14H20FNO2/c1-10-5-11(7-12(15)6-10)13(18)16(4)8-14(2,3)9-17/h5-7,17H,8-9H2,1-4H3. The van der Waals surface area contributed by atoms with Crippen LogP contribution in [0.3, 0.4) is 0 Å². The Hall–Kier alpha value is -1.42. The van der Waals surface area contributed by atoms with Gasteiger partial charge in [0, 0.05) is 31.2 Å². The van der Waals surface area contributed by atoms with Gasteiger partial charge in [0.15, 0.2) is 0 Å². The molecule has 0 heterocycles. The molecular weight excluding hydrogens is 233 g/mol. The van der Waals surface area contributed by atoms with E-state index in [1.54, 1.807) is 20.0 Å². The van der Waals surface area contributed by atoms with Crippen LogP contribution in [0.5, 0.6) is 0 Å². The second-order valence-corrected chi connectivity index (χ2v) is 5.50. The number of aliphatic hydroxyl groups excluding tert-OH is 1. The van der Waals surface area contributed by atoms with Crippen LogP contribution in [0.2, 0.25) is 0 Å². The molecule has 4 heteroatoms. The van der Waals surface area contributed by atoms with Crippen LogP contribution in [0.15, 0.2) is 18.2 Å². The maximum Gasteiger partial charge on any atom is 0.253 e. The van der Waals surface area contributed by atoms with E-state index in [-0.39, 0.29) is 17.9 Å². The van der Waals surface area contributed by atoms with Gasteiger partial charge in [0.2, 0.25) is 0 Å². The van der Waals surface area contributed by atoms with Gasteiger partial charge >= 0.3 is 0 Å². The van der Waals surface area contributed by atoms with Gasteiger partial charge in [-0.15, -0.1) is 0 Å². The first-order valence-corrected chi connectivity index (χ1v) is 5.89. The average molecular weight is 253 g/mol. The molecule has 0 aliphatic rings. The van der Waals surface area contributed by atoms with Gasteiger partial charge < -0.3 is 10.0 Å². The number of carbonyl (C=O) groups is 1. The summed E-state index contributed by atoms with van der Waals surface area (Å²) in [6, 6.07) is 4.28. The lowest BCUT2D eigenvalue weighted by Gasteiger charge is -2.28. The zero-order valence-corrected chi connectivity index (χ0v) is 11.3. The summed E-state index contributed by atoms with van der Waals surface area (Å²) < 4.78 is 13.2. The van der Waals surface area contributed by atoms with Crippen molar-refractivity contribution < 1.29 is 14.3 Å². The summed E-state index contributed by atoms with van der Waals surface area (Å²) in [5.74, 6) is -0.646. The molecule has 3 nitrogen and oxygen atoms in total. The molecule has 0 aliphatic heterocycles. The van der Waals surface area contributed by atoms with E-state index in [1.807, 2.05) is 13.8 Å². The molecule has 1 N–H and O–H groups in total. The highest BCUT2D eigenvalue weighted by molar-refractivity contribution is 5.94. The Morgan fingerprint density at radius 3 is 2.50 bits per heavy atom. The number of hydrogen-bond acceptors (Lipinski definition) is 2. The first kappa shape index (κ1) is 14.6. The summed E-state index contributed by atoms with van der Waals surface area (Å²) in [7, 11) is 1.65. The van der Waals surface area contributed by atoms with E-state index >= 15 is 0 Å². The summed E-state index contributed by atoms with van der Waals surface area (Å²) in [6.07, 6.45) is 0. The first-order chi connectivity index (χ1) is 8.25. The Kier molecular flexibility index (Phi) is 4.46. The largest absolute Gasteiger partial charge is 0.396 e. The van der Waals surface area contributed by atoms with Gasteiger partial charge in [-0.1, -0.05) is 13.8 Å². The lowest BCUT2D eigenvalue weighted by Crippen LogP contribution is -2.37. The summed E-state index contributed by atoms with van der Waals surface area (Å²) >= 11 is 0. The summed E-state index contributed by atoms with van der Waals surface area (Å²) in [4.78, 5) is 13.6. The van der Waals surface area contributed by atoms with Crippen LogP contribution in [0.4, 0.5) is 4.39 Å². The summed E-state index contributed by atoms with van der Waals surface area (Å²) in [6.45, 7) is 5.89. The van der Waals surface area contributed by atoms with Gasteiger partial charge in [-0.05, 0) is 30.7 Å². The van der Waals surface area contributed by atoms with Gasteiger partial charge in [0.1, 0.15) is 5.82 Å². The van der Waals surface area contributed by atoms with Gasteiger partial charge in [0.25, 0.3) is 5.91 Å². The van der Waals surface area contributed by atoms with Crippen molar-refractivity contribution in [1.82, 2.24) is 4.90 Å². The molecule has 0 aromatic heterocycles. The van der Waals surface area contributed by atoms with Crippen molar-refractivity contribution in [3.8, 4) is 0 Å². The van der Waals surface area contributed by atoms with Crippen LogP contribution in [0, 0.1) is 18.2 Å². The van der Waals surface area contributed by atoms with Crippen molar-refractivity contribution in [2.75, 3.05) is 20.2 Å². The van der Waals surface area contributed by atoms with Gasteiger partial charge in [-0.25, -0.2) is 4.39 Å². The van der Waals surface area contributed by atoms with Crippen molar-refractivity contribution in [3.63, 3.8) is 0 Å². The van der Waals surface area contributed by atoms with Crippen molar-refractivity contribution in [2.24, 2.45) is 5.41 Å². The third-order valence-electron chi connectivity index (χ3n) is 2.73. The number of rotatable bonds is 4. The molecule has 100 valence electrons. The maximum atomic E-state index is 13.2. The van der Waals surface area contributed by atoms with Crippen molar-refractivity contribution in [2.45, 2.75) is 20.8 Å². The molecule has 0 spiro atoms. The molecule has 0 radical (unpaired) electrons. The second kappa shape index (κ2) is 5.48. The van der Waals surface area contributed by atoms with Crippen LogP contribution in [-0.2, 0) is 0 Å². The van der Waals surface area contributed by atoms with Gasteiger partial charge in [-0.2, -0.15) is 0 Å². The molecular formula is C14H20FNO2. The third kappa shape index (κ3) is 3.81. The van der Waals surface area contributed by atoms with Crippen LogP contribution in [-0.4, -0.2) is 36.1 Å². The highest BCUT2D eigenvalue weighted by Gasteiger charge is 2.22. The molecule has 0 fully saturated rings. The Morgan fingerprint density at radius 1 is 1.39 bits per heavy atom. The molecule has 0 unspecified atom stereocenters.